The highest BCUT2D eigenvalue weighted by atomic mass is 16.5. The smallest absolute Gasteiger partial charge is 0.119 e. The van der Waals surface area contributed by atoms with Gasteiger partial charge in [0, 0.05) is 5.41 Å². The van der Waals surface area contributed by atoms with Gasteiger partial charge in [0.15, 0.2) is 0 Å². The fourth-order valence-corrected chi connectivity index (χ4v) is 3.50. The molecule has 2 unspecified atom stereocenters. The molecule has 1 fully saturated rings. The van der Waals surface area contributed by atoms with Crippen LogP contribution in [0.15, 0.2) is 24.3 Å². The van der Waals surface area contributed by atoms with Gasteiger partial charge in [-0.15, -0.1) is 0 Å². The minimum Gasteiger partial charge on any atom is -0.491 e. The standard InChI is InChI=1S/C17H26O2/c1-5-17(6-2)15(11-16(17)18)13-7-9-14(10-8-13)19-12(3)4/h7-10,12,15-16,18H,5-6,11H2,1-4H3. The van der Waals surface area contributed by atoms with Crippen molar-refractivity contribution in [1.29, 1.82) is 0 Å². The first-order valence-electron chi connectivity index (χ1n) is 7.48. The fraction of sp³-hybridized carbons (Fsp3) is 0.647. The lowest BCUT2D eigenvalue weighted by Gasteiger charge is -2.53. The molecule has 2 atom stereocenters. The lowest BCUT2D eigenvalue weighted by Crippen LogP contribution is -2.50. The van der Waals surface area contributed by atoms with Gasteiger partial charge in [0.25, 0.3) is 0 Å². The fourth-order valence-electron chi connectivity index (χ4n) is 3.50. The molecule has 106 valence electrons. The monoisotopic (exact) mass is 262 g/mol. The minimum atomic E-state index is -0.140. The first-order valence-corrected chi connectivity index (χ1v) is 7.48. The third-order valence-corrected chi connectivity index (χ3v) is 4.79. The molecule has 0 saturated heterocycles. The van der Waals surface area contributed by atoms with Crippen LogP contribution in [0.25, 0.3) is 0 Å². The lowest BCUT2D eigenvalue weighted by atomic mass is 9.53. The third kappa shape index (κ3) is 2.51. The Labute approximate surface area is 116 Å². The molecule has 0 bridgehead atoms. The molecule has 1 aromatic rings. The van der Waals surface area contributed by atoms with Gasteiger partial charge in [-0.25, -0.2) is 0 Å². The van der Waals surface area contributed by atoms with Crippen LogP contribution in [-0.2, 0) is 0 Å². The van der Waals surface area contributed by atoms with Crippen molar-refractivity contribution >= 4 is 0 Å². The molecule has 1 aliphatic rings. The second-order valence-corrected chi connectivity index (χ2v) is 5.98. The molecule has 0 radical (unpaired) electrons. The maximum atomic E-state index is 10.1. The molecular weight excluding hydrogens is 236 g/mol. The molecule has 0 heterocycles. The highest BCUT2D eigenvalue weighted by Crippen LogP contribution is 2.57. The van der Waals surface area contributed by atoms with Gasteiger partial charge in [-0.1, -0.05) is 26.0 Å². The Morgan fingerprint density at radius 3 is 2.21 bits per heavy atom. The van der Waals surface area contributed by atoms with Crippen LogP contribution in [0, 0.1) is 5.41 Å². The zero-order valence-electron chi connectivity index (χ0n) is 12.5. The first kappa shape index (κ1) is 14.4. The van der Waals surface area contributed by atoms with Crippen molar-refractivity contribution in [2.75, 3.05) is 0 Å². The van der Waals surface area contributed by atoms with E-state index in [9.17, 15) is 5.11 Å². The lowest BCUT2D eigenvalue weighted by molar-refractivity contribution is -0.0932. The number of ether oxygens (including phenoxy) is 1. The molecule has 0 amide bonds. The van der Waals surface area contributed by atoms with Gasteiger partial charge in [-0.05, 0) is 56.7 Å². The van der Waals surface area contributed by atoms with Crippen molar-refractivity contribution in [3.8, 4) is 5.75 Å². The van der Waals surface area contributed by atoms with E-state index in [1.165, 1.54) is 5.56 Å². The van der Waals surface area contributed by atoms with E-state index in [4.69, 9.17) is 4.74 Å². The summed E-state index contributed by atoms with van der Waals surface area (Å²) in [6, 6.07) is 8.43. The van der Waals surface area contributed by atoms with Gasteiger partial charge in [0.1, 0.15) is 5.75 Å². The topological polar surface area (TPSA) is 29.5 Å². The van der Waals surface area contributed by atoms with Crippen LogP contribution >= 0.6 is 0 Å². The van der Waals surface area contributed by atoms with E-state index in [0.717, 1.165) is 25.0 Å². The van der Waals surface area contributed by atoms with Gasteiger partial charge in [-0.3, -0.25) is 0 Å². The Hall–Kier alpha value is -1.02. The van der Waals surface area contributed by atoms with E-state index in [-0.39, 0.29) is 17.6 Å². The molecule has 0 aliphatic heterocycles. The summed E-state index contributed by atoms with van der Waals surface area (Å²) in [4.78, 5) is 0. The summed E-state index contributed by atoms with van der Waals surface area (Å²) in [7, 11) is 0. The number of aliphatic hydroxyl groups excluding tert-OH is 1. The quantitative estimate of drug-likeness (QED) is 0.864. The Kier molecular flexibility index (Phi) is 4.19. The zero-order chi connectivity index (χ0) is 14.0. The molecule has 1 aromatic carbocycles. The van der Waals surface area contributed by atoms with E-state index in [1.807, 2.05) is 13.8 Å². The summed E-state index contributed by atoms with van der Waals surface area (Å²) in [6.07, 6.45) is 3.05. The Morgan fingerprint density at radius 2 is 1.79 bits per heavy atom. The summed E-state index contributed by atoms with van der Waals surface area (Å²) in [5.74, 6) is 1.42. The van der Waals surface area contributed by atoms with E-state index in [2.05, 4.69) is 38.1 Å². The van der Waals surface area contributed by atoms with Crippen LogP contribution in [0.1, 0.15) is 58.4 Å². The third-order valence-electron chi connectivity index (χ3n) is 4.79. The van der Waals surface area contributed by atoms with Gasteiger partial charge >= 0.3 is 0 Å². The SMILES string of the molecule is CCC1(CC)C(O)CC1c1ccc(OC(C)C)cc1. The number of hydrogen-bond donors (Lipinski definition) is 1. The van der Waals surface area contributed by atoms with Crippen LogP contribution in [0.2, 0.25) is 0 Å². The van der Waals surface area contributed by atoms with E-state index < -0.39 is 0 Å². The average molecular weight is 262 g/mol. The van der Waals surface area contributed by atoms with Gasteiger partial charge in [0.05, 0.1) is 12.2 Å². The van der Waals surface area contributed by atoms with Crippen LogP contribution in [0.3, 0.4) is 0 Å². The maximum Gasteiger partial charge on any atom is 0.119 e. The van der Waals surface area contributed by atoms with Crippen molar-refractivity contribution in [3.05, 3.63) is 29.8 Å². The largest absolute Gasteiger partial charge is 0.491 e. The van der Waals surface area contributed by atoms with Gasteiger partial charge < -0.3 is 9.84 Å². The average Bonchev–Trinajstić information content (AvgIpc) is 2.38. The van der Waals surface area contributed by atoms with Crippen LogP contribution in [-0.4, -0.2) is 17.3 Å². The number of rotatable bonds is 5. The zero-order valence-corrected chi connectivity index (χ0v) is 12.5. The second-order valence-electron chi connectivity index (χ2n) is 5.98. The van der Waals surface area contributed by atoms with Crippen LogP contribution in [0.5, 0.6) is 5.75 Å². The minimum absolute atomic E-state index is 0.0838. The summed E-state index contributed by atoms with van der Waals surface area (Å²) in [5.41, 5.74) is 1.42. The Morgan fingerprint density at radius 1 is 1.21 bits per heavy atom. The summed E-state index contributed by atoms with van der Waals surface area (Å²) >= 11 is 0. The van der Waals surface area contributed by atoms with E-state index in [0.29, 0.717) is 5.92 Å². The molecule has 0 spiro atoms. The molecule has 2 rings (SSSR count). The first-order chi connectivity index (χ1) is 9.03. The van der Waals surface area contributed by atoms with Crippen molar-refractivity contribution < 1.29 is 9.84 Å². The summed E-state index contributed by atoms with van der Waals surface area (Å²) in [6.45, 7) is 8.45. The predicted molar refractivity (Wildman–Crippen MR) is 78.6 cm³/mol. The second kappa shape index (κ2) is 5.54. The van der Waals surface area contributed by atoms with E-state index >= 15 is 0 Å². The predicted octanol–water partition coefficient (Wildman–Crippen LogP) is 4.13. The van der Waals surface area contributed by atoms with Crippen molar-refractivity contribution in [3.63, 3.8) is 0 Å². The van der Waals surface area contributed by atoms with Gasteiger partial charge in [-0.2, -0.15) is 0 Å². The van der Waals surface area contributed by atoms with Crippen LogP contribution < -0.4 is 4.74 Å². The van der Waals surface area contributed by atoms with E-state index in [1.54, 1.807) is 0 Å². The Balaban J connectivity index is 2.15. The number of hydrogen-bond acceptors (Lipinski definition) is 2. The Bertz CT molecular complexity index is 404. The molecule has 0 aromatic heterocycles. The van der Waals surface area contributed by atoms with Crippen LogP contribution in [0.4, 0.5) is 0 Å². The highest BCUT2D eigenvalue weighted by Gasteiger charge is 2.52. The number of aliphatic hydroxyl groups is 1. The molecule has 1 saturated carbocycles. The molecule has 19 heavy (non-hydrogen) atoms. The molecular formula is C17H26O2. The molecule has 2 heteroatoms. The molecule has 1 N–H and O–H groups in total. The summed E-state index contributed by atoms with van der Waals surface area (Å²) in [5, 5.41) is 10.1. The molecule has 2 nitrogen and oxygen atoms in total. The van der Waals surface area contributed by atoms with Crippen molar-refractivity contribution in [2.24, 2.45) is 5.41 Å². The highest BCUT2D eigenvalue weighted by molar-refractivity contribution is 5.33. The van der Waals surface area contributed by atoms with Crippen molar-refractivity contribution in [2.45, 2.75) is 65.1 Å². The maximum absolute atomic E-state index is 10.1. The normalized spacial score (nSPS) is 25.2. The van der Waals surface area contributed by atoms with Gasteiger partial charge in [0.2, 0.25) is 0 Å². The number of benzene rings is 1. The summed E-state index contributed by atoms with van der Waals surface area (Å²) < 4.78 is 5.68. The molecule has 1 aliphatic carbocycles. The van der Waals surface area contributed by atoms with Crippen molar-refractivity contribution in [1.82, 2.24) is 0 Å².